The number of thiocarbonyl (C=S) groups is 1. The summed E-state index contributed by atoms with van der Waals surface area (Å²) in [7, 11) is 2.44. The van der Waals surface area contributed by atoms with Gasteiger partial charge in [0.15, 0.2) is 5.11 Å². The zero-order chi connectivity index (χ0) is 18.7. The zero-order valence-electron chi connectivity index (χ0n) is 17.0. The van der Waals surface area contributed by atoms with Crippen molar-refractivity contribution in [2.45, 2.75) is 71.4 Å². The molecule has 1 aliphatic carbocycles. The molecule has 1 saturated carbocycles. The van der Waals surface area contributed by atoms with Gasteiger partial charge in [0.05, 0.1) is 19.1 Å². The number of likely N-dealkylation sites (tertiary alicyclic amines) is 1. The van der Waals surface area contributed by atoms with E-state index < -0.39 is 0 Å². The van der Waals surface area contributed by atoms with Gasteiger partial charge in [0.25, 0.3) is 0 Å². The number of quaternary nitrogens is 1. The summed E-state index contributed by atoms with van der Waals surface area (Å²) in [5.41, 5.74) is 3.68. The topological polar surface area (TPSA) is 19.7 Å². The van der Waals surface area contributed by atoms with Crippen LogP contribution in [0.2, 0.25) is 0 Å². The highest BCUT2D eigenvalue weighted by Crippen LogP contribution is 2.23. The van der Waals surface area contributed by atoms with E-state index in [1.54, 1.807) is 4.90 Å². The molecular formula is C22H36N3S+. The van der Waals surface area contributed by atoms with Crippen LogP contribution in [0.15, 0.2) is 18.2 Å². The number of nitrogens with one attached hydrogen (secondary N) is 2. The van der Waals surface area contributed by atoms with Crippen molar-refractivity contribution in [2.24, 2.45) is 5.92 Å². The Morgan fingerprint density at radius 3 is 2.27 bits per heavy atom. The third-order valence-corrected chi connectivity index (χ3v) is 6.96. The van der Waals surface area contributed by atoms with Crippen LogP contribution in [0.3, 0.4) is 0 Å². The Bertz CT molecular complexity index is 602. The van der Waals surface area contributed by atoms with Gasteiger partial charge < -0.3 is 15.1 Å². The van der Waals surface area contributed by atoms with Gasteiger partial charge in [0, 0.05) is 37.5 Å². The van der Waals surface area contributed by atoms with Crippen molar-refractivity contribution >= 4 is 23.0 Å². The molecule has 2 aliphatic rings. The molecule has 0 spiro atoms. The van der Waals surface area contributed by atoms with E-state index in [-0.39, 0.29) is 0 Å². The van der Waals surface area contributed by atoms with Crippen molar-refractivity contribution in [1.29, 1.82) is 0 Å². The predicted octanol–water partition coefficient (Wildman–Crippen LogP) is 3.56. The molecule has 1 saturated heterocycles. The Morgan fingerprint density at radius 1 is 1.04 bits per heavy atom. The predicted molar refractivity (Wildman–Crippen MR) is 115 cm³/mol. The summed E-state index contributed by atoms with van der Waals surface area (Å²) >= 11 is 5.70. The normalized spacial score (nSPS) is 25.8. The number of aryl methyl sites for hydroxylation is 2. The van der Waals surface area contributed by atoms with Crippen molar-refractivity contribution in [3.8, 4) is 0 Å². The SMILES string of the molecule is Cc1cc(C)cc(NC(=S)N2CCC([NH+](C)C3CCCCC3C)CC2)c1. The molecule has 1 aromatic carbocycles. The second kappa shape index (κ2) is 8.71. The summed E-state index contributed by atoms with van der Waals surface area (Å²) in [4.78, 5) is 4.14. The Labute approximate surface area is 165 Å². The van der Waals surface area contributed by atoms with Crippen molar-refractivity contribution in [1.82, 2.24) is 4.90 Å². The van der Waals surface area contributed by atoms with Crippen LogP contribution in [0.1, 0.15) is 56.6 Å². The third kappa shape index (κ3) is 4.77. The molecule has 1 aromatic rings. The summed E-state index contributed by atoms with van der Waals surface area (Å²) in [6.07, 6.45) is 8.20. The fourth-order valence-corrected chi connectivity index (χ4v) is 5.38. The van der Waals surface area contributed by atoms with Crippen molar-refractivity contribution in [3.05, 3.63) is 29.3 Å². The van der Waals surface area contributed by atoms with Crippen LogP contribution in [0, 0.1) is 19.8 Å². The lowest BCUT2D eigenvalue weighted by Crippen LogP contribution is -3.17. The number of hydrogen-bond acceptors (Lipinski definition) is 1. The zero-order valence-corrected chi connectivity index (χ0v) is 17.8. The molecule has 144 valence electrons. The van der Waals surface area contributed by atoms with E-state index in [4.69, 9.17) is 12.2 Å². The molecule has 2 fully saturated rings. The molecule has 1 heterocycles. The second-order valence-electron chi connectivity index (χ2n) is 8.68. The summed E-state index contributed by atoms with van der Waals surface area (Å²) in [6.45, 7) is 8.90. The Balaban J connectivity index is 1.52. The molecule has 0 bridgehead atoms. The van der Waals surface area contributed by atoms with Gasteiger partial charge in [-0.25, -0.2) is 0 Å². The Morgan fingerprint density at radius 2 is 1.65 bits per heavy atom. The molecular weight excluding hydrogens is 338 g/mol. The average molecular weight is 375 g/mol. The fraction of sp³-hybridized carbons (Fsp3) is 0.682. The highest BCUT2D eigenvalue weighted by Gasteiger charge is 2.34. The lowest BCUT2D eigenvalue weighted by molar-refractivity contribution is -0.937. The van der Waals surface area contributed by atoms with Crippen LogP contribution >= 0.6 is 12.2 Å². The number of piperidine rings is 1. The Hall–Kier alpha value is -1.13. The van der Waals surface area contributed by atoms with Crippen LogP contribution < -0.4 is 10.2 Å². The first kappa shape index (κ1) is 19.6. The molecule has 3 nitrogen and oxygen atoms in total. The lowest BCUT2D eigenvalue weighted by Gasteiger charge is -2.41. The molecule has 26 heavy (non-hydrogen) atoms. The largest absolute Gasteiger partial charge is 0.349 e. The van der Waals surface area contributed by atoms with Gasteiger partial charge in [-0.2, -0.15) is 0 Å². The minimum atomic E-state index is 0.792. The molecule has 3 atom stereocenters. The summed E-state index contributed by atoms with van der Waals surface area (Å²) in [5, 5.41) is 4.34. The van der Waals surface area contributed by atoms with Gasteiger partial charge in [-0.1, -0.05) is 19.4 Å². The molecule has 3 rings (SSSR count). The quantitative estimate of drug-likeness (QED) is 0.790. The molecule has 0 radical (unpaired) electrons. The second-order valence-corrected chi connectivity index (χ2v) is 9.07. The highest BCUT2D eigenvalue weighted by atomic mass is 32.1. The van der Waals surface area contributed by atoms with Gasteiger partial charge in [-0.3, -0.25) is 0 Å². The van der Waals surface area contributed by atoms with Gasteiger partial charge in [-0.15, -0.1) is 0 Å². The smallest absolute Gasteiger partial charge is 0.173 e. The molecule has 1 aliphatic heterocycles. The van der Waals surface area contributed by atoms with E-state index in [0.717, 1.165) is 41.9 Å². The fourth-order valence-electron chi connectivity index (χ4n) is 5.08. The maximum Gasteiger partial charge on any atom is 0.173 e. The van der Waals surface area contributed by atoms with Crippen LogP contribution in [0.5, 0.6) is 0 Å². The number of nitrogens with zero attached hydrogens (tertiary/aromatic N) is 1. The van der Waals surface area contributed by atoms with E-state index in [2.05, 4.69) is 56.2 Å². The number of anilines is 1. The molecule has 0 aromatic heterocycles. The van der Waals surface area contributed by atoms with Crippen molar-refractivity contribution in [3.63, 3.8) is 0 Å². The number of rotatable bonds is 3. The first-order valence-electron chi connectivity index (χ1n) is 10.4. The van der Waals surface area contributed by atoms with Crippen LogP contribution in [-0.4, -0.2) is 42.2 Å². The van der Waals surface area contributed by atoms with Crippen molar-refractivity contribution in [2.75, 3.05) is 25.5 Å². The van der Waals surface area contributed by atoms with E-state index >= 15 is 0 Å². The number of hydrogen-bond donors (Lipinski definition) is 2. The molecule has 3 unspecified atom stereocenters. The lowest BCUT2D eigenvalue weighted by atomic mass is 9.84. The van der Waals surface area contributed by atoms with Crippen LogP contribution in [0.4, 0.5) is 5.69 Å². The van der Waals surface area contributed by atoms with Crippen molar-refractivity contribution < 1.29 is 4.90 Å². The number of benzene rings is 1. The first-order valence-corrected chi connectivity index (χ1v) is 10.8. The third-order valence-electron chi connectivity index (χ3n) is 6.60. The van der Waals surface area contributed by atoms with Crippen LogP contribution in [0.25, 0.3) is 0 Å². The molecule has 2 N–H and O–H groups in total. The standard InChI is InChI=1S/C22H35N3S/c1-16-13-17(2)15-19(14-16)23-22(26)25-11-9-20(10-12-25)24(4)21-8-6-5-7-18(21)3/h13-15,18,20-21H,5-12H2,1-4H3,(H,23,26)/p+1. The minimum Gasteiger partial charge on any atom is -0.349 e. The van der Waals surface area contributed by atoms with E-state index in [1.807, 2.05) is 0 Å². The summed E-state index contributed by atoms with van der Waals surface area (Å²) in [6, 6.07) is 8.20. The van der Waals surface area contributed by atoms with E-state index in [1.165, 1.54) is 49.7 Å². The maximum absolute atomic E-state index is 5.70. The van der Waals surface area contributed by atoms with Gasteiger partial charge in [0.2, 0.25) is 0 Å². The maximum atomic E-state index is 5.70. The molecule has 4 heteroatoms. The minimum absolute atomic E-state index is 0.792. The van der Waals surface area contributed by atoms with E-state index in [0.29, 0.717) is 0 Å². The average Bonchev–Trinajstić information content (AvgIpc) is 2.61. The van der Waals surface area contributed by atoms with E-state index in [9.17, 15) is 0 Å². The highest BCUT2D eigenvalue weighted by molar-refractivity contribution is 7.80. The van der Waals surface area contributed by atoms with Crippen LogP contribution in [-0.2, 0) is 0 Å². The summed E-state index contributed by atoms with van der Waals surface area (Å²) in [5.74, 6) is 0.883. The monoisotopic (exact) mass is 374 g/mol. The Kier molecular flexibility index (Phi) is 6.57. The first-order chi connectivity index (χ1) is 12.4. The molecule has 0 amide bonds. The van der Waals surface area contributed by atoms with Gasteiger partial charge in [0.1, 0.15) is 0 Å². The van der Waals surface area contributed by atoms with Gasteiger partial charge >= 0.3 is 0 Å². The summed E-state index contributed by atoms with van der Waals surface area (Å²) < 4.78 is 0. The van der Waals surface area contributed by atoms with Gasteiger partial charge in [-0.05, 0) is 68.6 Å².